The van der Waals surface area contributed by atoms with E-state index in [0.29, 0.717) is 49.8 Å². The molecule has 5 rings (SSSR count). The average Bonchev–Trinajstić information content (AvgIpc) is 3.32. The van der Waals surface area contributed by atoms with E-state index in [0.717, 1.165) is 28.0 Å². The first-order valence-electron chi connectivity index (χ1n) is 12.3. The quantitative estimate of drug-likeness (QED) is 0.248. The highest BCUT2D eigenvalue weighted by Gasteiger charge is 2.18. The number of ether oxygens (including phenoxy) is 3. The van der Waals surface area contributed by atoms with Crippen molar-refractivity contribution in [1.82, 2.24) is 24.4 Å². The van der Waals surface area contributed by atoms with Crippen molar-refractivity contribution in [3.63, 3.8) is 0 Å². The third-order valence-corrected chi connectivity index (χ3v) is 6.51. The van der Waals surface area contributed by atoms with Crippen molar-refractivity contribution in [3.05, 3.63) is 76.3 Å². The predicted octanol–water partition coefficient (Wildman–Crippen LogP) is 4.82. The molecule has 0 bridgehead atoms. The van der Waals surface area contributed by atoms with E-state index in [1.807, 2.05) is 60.9 Å². The number of nitrogens with zero attached hydrogens (tertiary/aromatic N) is 5. The molecule has 0 N–H and O–H groups in total. The van der Waals surface area contributed by atoms with Crippen LogP contribution in [0.2, 0.25) is 5.28 Å². The van der Waals surface area contributed by atoms with Crippen molar-refractivity contribution in [3.8, 4) is 17.4 Å². The predicted molar refractivity (Wildman–Crippen MR) is 145 cm³/mol. The molecule has 0 aliphatic carbocycles. The second kappa shape index (κ2) is 11.2. The number of halogens is 1. The zero-order chi connectivity index (χ0) is 26.6. The van der Waals surface area contributed by atoms with Crippen molar-refractivity contribution in [2.24, 2.45) is 0 Å². The number of imidazole rings is 1. The minimum atomic E-state index is -0.0211. The van der Waals surface area contributed by atoms with Crippen LogP contribution in [0.5, 0.6) is 17.4 Å². The summed E-state index contributed by atoms with van der Waals surface area (Å²) in [7, 11) is 1.64. The van der Waals surface area contributed by atoms with Crippen LogP contribution in [0, 0.1) is 13.8 Å². The van der Waals surface area contributed by atoms with Crippen LogP contribution in [0.25, 0.3) is 17.2 Å². The highest BCUT2D eigenvalue weighted by molar-refractivity contribution is 6.28. The third kappa shape index (κ3) is 5.64. The van der Waals surface area contributed by atoms with Gasteiger partial charge in [0.2, 0.25) is 11.2 Å². The fourth-order valence-corrected chi connectivity index (χ4v) is 4.56. The molecule has 9 nitrogen and oxygen atoms in total. The highest BCUT2D eigenvalue weighted by Crippen LogP contribution is 2.33. The monoisotopic (exact) mass is 533 g/mol. The number of carbonyl (C=O) groups excluding carboxylic acids is 1. The van der Waals surface area contributed by atoms with E-state index in [1.54, 1.807) is 24.4 Å². The van der Waals surface area contributed by atoms with E-state index in [-0.39, 0.29) is 17.1 Å². The van der Waals surface area contributed by atoms with Gasteiger partial charge < -0.3 is 23.7 Å². The molecule has 2 aromatic carbocycles. The van der Waals surface area contributed by atoms with Crippen LogP contribution in [0.1, 0.15) is 22.3 Å². The molecule has 0 saturated carbocycles. The van der Waals surface area contributed by atoms with E-state index in [1.165, 1.54) is 0 Å². The summed E-state index contributed by atoms with van der Waals surface area (Å²) in [6.45, 7) is 6.82. The van der Waals surface area contributed by atoms with Crippen molar-refractivity contribution in [2.75, 3.05) is 33.4 Å². The standard InChI is InChI=1S/C28H28ClN5O4/c1-18-14-21(6-9-23(35)33-10-12-37-13-11-33)15-19(2)25(18)38-27-24-26(31-28(29)32-27)34(17-30-24)16-20-4-7-22(36-3)8-5-20/h4-9,14-15,17H,10-13,16H2,1-3H3/b9-6+. The molecule has 1 aliphatic rings. The molecule has 38 heavy (non-hydrogen) atoms. The second-order valence-electron chi connectivity index (χ2n) is 9.05. The van der Waals surface area contributed by atoms with E-state index >= 15 is 0 Å². The van der Waals surface area contributed by atoms with E-state index in [4.69, 9.17) is 25.8 Å². The molecule has 0 radical (unpaired) electrons. The van der Waals surface area contributed by atoms with Crippen LogP contribution in [-0.4, -0.2) is 63.7 Å². The number of fused-ring (bicyclic) bond motifs is 1. The Bertz CT molecular complexity index is 1470. The maximum atomic E-state index is 12.5. The Labute approximate surface area is 225 Å². The van der Waals surface area contributed by atoms with Gasteiger partial charge in [0.25, 0.3) is 5.88 Å². The molecule has 10 heteroatoms. The molecule has 4 aromatic rings. The zero-order valence-electron chi connectivity index (χ0n) is 21.5. The van der Waals surface area contributed by atoms with Gasteiger partial charge in [0.15, 0.2) is 11.2 Å². The first-order chi connectivity index (χ1) is 18.4. The molecular formula is C28H28ClN5O4. The molecule has 1 saturated heterocycles. The Kier molecular flexibility index (Phi) is 7.57. The van der Waals surface area contributed by atoms with Crippen molar-refractivity contribution in [1.29, 1.82) is 0 Å². The second-order valence-corrected chi connectivity index (χ2v) is 9.39. The average molecular weight is 534 g/mol. The van der Waals surface area contributed by atoms with E-state index in [2.05, 4.69) is 15.0 Å². The fraction of sp³-hybridized carbons (Fsp3) is 0.286. The summed E-state index contributed by atoms with van der Waals surface area (Å²) < 4.78 is 18.7. The summed E-state index contributed by atoms with van der Waals surface area (Å²) in [6, 6.07) is 11.7. The number of morpholine rings is 1. The number of aromatic nitrogens is 4. The molecular weight excluding hydrogens is 506 g/mol. The lowest BCUT2D eigenvalue weighted by Crippen LogP contribution is -2.39. The Morgan fingerprint density at radius 3 is 2.50 bits per heavy atom. The largest absolute Gasteiger partial charge is 0.497 e. The summed E-state index contributed by atoms with van der Waals surface area (Å²) in [5.41, 5.74) is 4.84. The normalized spacial score (nSPS) is 13.8. The Morgan fingerprint density at radius 1 is 1.11 bits per heavy atom. The van der Waals surface area contributed by atoms with Crippen LogP contribution in [-0.2, 0) is 16.1 Å². The first kappa shape index (κ1) is 25.7. The lowest BCUT2D eigenvalue weighted by molar-refractivity contribution is -0.129. The summed E-state index contributed by atoms with van der Waals surface area (Å²) in [4.78, 5) is 27.5. The lowest BCUT2D eigenvalue weighted by atomic mass is 10.1. The summed E-state index contributed by atoms with van der Waals surface area (Å²) in [5, 5.41) is 0.0699. The van der Waals surface area contributed by atoms with Gasteiger partial charge in [-0.25, -0.2) is 4.98 Å². The van der Waals surface area contributed by atoms with Crippen molar-refractivity contribution >= 4 is 34.7 Å². The number of hydrogen-bond acceptors (Lipinski definition) is 7. The van der Waals surface area contributed by atoms with Gasteiger partial charge in [0.1, 0.15) is 11.5 Å². The molecule has 1 amide bonds. The molecule has 2 aromatic heterocycles. The summed E-state index contributed by atoms with van der Waals surface area (Å²) in [5.74, 6) is 1.71. The van der Waals surface area contributed by atoms with Gasteiger partial charge in [0.05, 0.1) is 33.2 Å². The van der Waals surface area contributed by atoms with Gasteiger partial charge in [-0.15, -0.1) is 0 Å². The van der Waals surface area contributed by atoms with Crippen LogP contribution in [0.15, 0.2) is 48.8 Å². The minimum absolute atomic E-state index is 0.0211. The van der Waals surface area contributed by atoms with Gasteiger partial charge in [-0.1, -0.05) is 12.1 Å². The molecule has 196 valence electrons. The smallest absolute Gasteiger partial charge is 0.252 e. The Hall–Kier alpha value is -3.95. The number of aryl methyl sites for hydroxylation is 2. The van der Waals surface area contributed by atoms with Gasteiger partial charge in [-0.05, 0) is 78.0 Å². The molecule has 0 spiro atoms. The number of hydrogen-bond donors (Lipinski definition) is 0. The summed E-state index contributed by atoms with van der Waals surface area (Å²) >= 11 is 6.29. The number of carbonyl (C=O) groups is 1. The van der Waals surface area contributed by atoms with E-state index < -0.39 is 0 Å². The molecule has 3 heterocycles. The fourth-order valence-electron chi connectivity index (χ4n) is 4.40. The van der Waals surface area contributed by atoms with Gasteiger partial charge >= 0.3 is 0 Å². The minimum Gasteiger partial charge on any atom is -0.497 e. The van der Waals surface area contributed by atoms with E-state index in [9.17, 15) is 4.79 Å². The molecule has 0 unspecified atom stereocenters. The van der Waals surface area contributed by atoms with Crippen LogP contribution >= 0.6 is 11.6 Å². The zero-order valence-corrected chi connectivity index (χ0v) is 22.2. The molecule has 1 fully saturated rings. The SMILES string of the molecule is COc1ccc(Cn2cnc3c(Oc4c(C)cc(/C=C/C(=O)N5CCOCC5)cc4C)nc(Cl)nc32)cc1. The number of amides is 1. The first-order valence-corrected chi connectivity index (χ1v) is 12.6. The topological polar surface area (TPSA) is 91.6 Å². The van der Waals surface area contributed by atoms with Crippen LogP contribution in [0.3, 0.4) is 0 Å². The molecule has 0 atom stereocenters. The number of rotatable bonds is 7. The number of benzene rings is 2. The maximum Gasteiger partial charge on any atom is 0.252 e. The third-order valence-electron chi connectivity index (χ3n) is 6.34. The molecule has 1 aliphatic heterocycles. The number of methoxy groups -OCH3 is 1. The maximum absolute atomic E-state index is 12.5. The lowest BCUT2D eigenvalue weighted by Gasteiger charge is -2.25. The van der Waals surface area contributed by atoms with Gasteiger partial charge in [0, 0.05) is 19.2 Å². The highest BCUT2D eigenvalue weighted by atomic mass is 35.5. The van der Waals surface area contributed by atoms with Crippen LogP contribution in [0.4, 0.5) is 0 Å². The van der Waals surface area contributed by atoms with Crippen LogP contribution < -0.4 is 9.47 Å². The Balaban J connectivity index is 1.37. The van der Waals surface area contributed by atoms with Gasteiger partial charge in [-0.2, -0.15) is 9.97 Å². The van der Waals surface area contributed by atoms with Crippen molar-refractivity contribution < 1.29 is 19.0 Å². The summed E-state index contributed by atoms with van der Waals surface area (Å²) in [6.07, 6.45) is 5.12. The Morgan fingerprint density at radius 2 is 1.82 bits per heavy atom. The van der Waals surface area contributed by atoms with Gasteiger partial charge in [-0.3, -0.25) is 4.79 Å². The van der Waals surface area contributed by atoms with Crippen molar-refractivity contribution in [2.45, 2.75) is 20.4 Å².